The quantitative estimate of drug-likeness (QED) is 0.428. The highest BCUT2D eigenvalue weighted by Gasteiger charge is 2.19. The van der Waals surface area contributed by atoms with Crippen molar-refractivity contribution in [2.75, 3.05) is 0 Å². The van der Waals surface area contributed by atoms with E-state index in [1.165, 1.54) is 24.3 Å². The molecule has 0 saturated heterocycles. The number of carboxylic acid groups (broad SMARTS) is 1. The molecule has 0 radical (unpaired) electrons. The van der Waals surface area contributed by atoms with Gasteiger partial charge in [0.25, 0.3) is 15.9 Å². The predicted octanol–water partition coefficient (Wildman–Crippen LogP) is 2.34. The van der Waals surface area contributed by atoms with Crippen LogP contribution in [0.4, 0.5) is 4.39 Å². The molecule has 0 aliphatic carbocycles. The molecule has 9 nitrogen and oxygen atoms in total. The number of carboxylic acids is 1. The van der Waals surface area contributed by atoms with E-state index < -0.39 is 21.9 Å². The number of benzene rings is 2. The lowest BCUT2D eigenvalue weighted by atomic mass is 10.1. The average Bonchev–Trinajstić information content (AvgIpc) is 2.78. The Kier molecular flexibility index (Phi) is 7.14. The standard InChI is InChI=1S/C22H21FN4O5S/c1-13-7-16(3-5-17(13)22(29)30)11-27-33(31,32)20-9-19(25-12-26-20)21(28)24-10-15-4-6-18(23)14(2)8-15/h3-9,12,27H,10-11H2,1-2H3,(H,24,28)(H,29,30). The first-order valence-electron chi connectivity index (χ1n) is 9.74. The molecule has 11 heteroatoms. The fraction of sp³-hybridized carbons (Fsp3) is 0.182. The first kappa shape index (κ1) is 24.0. The Hall–Kier alpha value is -3.70. The summed E-state index contributed by atoms with van der Waals surface area (Å²) in [5.74, 6) is -2.03. The van der Waals surface area contributed by atoms with E-state index in [4.69, 9.17) is 5.11 Å². The number of carbonyl (C=O) groups excluding carboxylic acids is 1. The van der Waals surface area contributed by atoms with Gasteiger partial charge in [-0.15, -0.1) is 0 Å². The number of nitrogens with zero attached hydrogens (tertiary/aromatic N) is 2. The second kappa shape index (κ2) is 9.84. The number of halogens is 1. The Morgan fingerprint density at radius 3 is 2.30 bits per heavy atom. The van der Waals surface area contributed by atoms with Crippen molar-refractivity contribution in [1.29, 1.82) is 0 Å². The van der Waals surface area contributed by atoms with Crippen molar-refractivity contribution < 1.29 is 27.5 Å². The van der Waals surface area contributed by atoms with Crippen molar-refractivity contribution >= 4 is 21.9 Å². The topological polar surface area (TPSA) is 138 Å². The number of nitrogens with one attached hydrogen (secondary N) is 2. The number of amides is 1. The van der Waals surface area contributed by atoms with E-state index in [9.17, 15) is 22.4 Å². The molecule has 0 atom stereocenters. The molecule has 2 aromatic carbocycles. The summed E-state index contributed by atoms with van der Waals surface area (Å²) in [4.78, 5) is 31.1. The summed E-state index contributed by atoms with van der Waals surface area (Å²) in [6.45, 7) is 3.23. The molecule has 1 heterocycles. The van der Waals surface area contributed by atoms with Crippen molar-refractivity contribution in [3.8, 4) is 0 Å². The lowest BCUT2D eigenvalue weighted by Crippen LogP contribution is -2.27. The molecule has 0 fully saturated rings. The van der Waals surface area contributed by atoms with Gasteiger partial charge in [0.15, 0.2) is 5.03 Å². The highest BCUT2D eigenvalue weighted by Crippen LogP contribution is 2.13. The zero-order valence-electron chi connectivity index (χ0n) is 17.8. The van der Waals surface area contributed by atoms with Crippen LogP contribution in [0.3, 0.4) is 0 Å². The van der Waals surface area contributed by atoms with E-state index in [0.717, 1.165) is 12.4 Å². The van der Waals surface area contributed by atoms with E-state index >= 15 is 0 Å². The van der Waals surface area contributed by atoms with Crippen LogP contribution >= 0.6 is 0 Å². The monoisotopic (exact) mass is 472 g/mol. The number of sulfonamides is 1. The van der Waals surface area contributed by atoms with Gasteiger partial charge in [0.05, 0.1) is 5.56 Å². The number of aryl methyl sites for hydroxylation is 2. The normalized spacial score (nSPS) is 11.2. The van der Waals surface area contributed by atoms with Gasteiger partial charge in [-0.05, 0) is 48.2 Å². The van der Waals surface area contributed by atoms with Crippen LogP contribution in [-0.2, 0) is 23.1 Å². The van der Waals surface area contributed by atoms with Crippen LogP contribution in [0.2, 0.25) is 0 Å². The van der Waals surface area contributed by atoms with Crippen LogP contribution in [0.5, 0.6) is 0 Å². The minimum atomic E-state index is -4.07. The van der Waals surface area contributed by atoms with E-state index in [-0.39, 0.29) is 35.2 Å². The molecule has 172 valence electrons. The summed E-state index contributed by atoms with van der Waals surface area (Å²) in [6.07, 6.45) is 0.970. The smallest absolute Gasteiger partial charge is 0.335 e. The van der Waals surface area contributed by atoms with Crippen molar-refractivity contribution in [2.45, 2.75) is 32.0 Å². The maximum atomic E-state index is 13.4. The number of aromatic nitrogens is 2. The van der Waals surface area contributed by atoms with Gasteiger partial charge in [0.1, 0.15) is 17.8 Å². The third kappa shape index (κ3) is 5.96. The van der Waals surface area contributed by atoms with Crippen LogP contribution < -0.4 is 10.0 Å². The number of aromatic carboxylic acids is 1. The average molecular weight is 472 g/mol. The lowest BCUT2D eigenvalue weighted by molar-refractivity contribution is 0.0695. The zero-order valence-corrected chi connectivity index (χ0v) is 18.6. The number of carbonyl (C=O) groups is 2. The highest BCUT2D eigenvalue weighted by atomic mass is 32.2. The minimum absolute atomic E-state index is 0.0987. The van der Waals surface area contributed by atoms with Gasteiger partial charge in [0, 0.05) is 19.2 Å². The molecule has 0 bridgehead atoms. The molecular weight excluding hydrogens is 451 g/mol. The Labute approximate surface area is 189 Å². The summed E-state index contributed by atoms with van der Waals surface area (Å²) in [5, 5.41) is 11.3. The van der Waals surface area contributed by atoms with Crippen molar-refractivity contribution in [3.63, 3.8) is 0 Å². The molecule has 0 spiro atoms. The molecule has 3 rings (SSSR count). The molecule has 3 aromatic rings. The van der Waals surface area contributed by atoms with E-state index in [1.807, 2.05) is 0 Å². The van der Waals surface area contributed by atoms with Gasteiger partial charge in [-0.2, -0.15) is 0 Å². The van der Waals surface area contributed by atoms with Crippen LogP contribution in [0.15, 0.2) is 53.8 Å². The molecule has 33 heavy (non-hydrogen) atoms. The van der Waals surface area contributed by atoms with Gasteiger partial charge in [-0.1, -0.05) is 24.3 Å². The summed E-state index contributed by atoms with van der Waals surface area (Å²) in [6, 6.07) is 9.96. The van der Waals surface area contributed by atoms with Crippen LogP contribution in [0, 0.1) is 19.7 Å². The van der Waals surface area contributed by atoms with Gasteiger partial charge >= 0.3 is 5.97 Å². The fourth-order valence-corrected chi connectivity index (χ4v) is 3.99. The Bertz CT molecular complexity index is 1330. The maximum Gasteiger partial charge on any atom is 0.335 e. The largest absolute Gasteiger partial charge is 0.478 e. The molecule has 0 aliphatic heterocycles. The van der Waals surface area contributed by atoms with Crippen molar-refractivity contribution in [2.24, 2.45) is 0 Å². The zero-order chi connectivity index (χ0) is 24.2. The molecular formula is C22H21FN4O5S. The molecule has 0 saturated carbocycles. The maximum absolute atomic E-state index is 13.4. The van der Waals surface area contributed by atoms with Gasteiger partial charge in [-0.3, -0.25) is 4.79 Å². The third-order valence-corrected chi connectivity index (χ3v) is 6.11. The van der Waals surface area contributed by atoms with Gasteiger partial charge < -0.3 is 10.4 Å². The molecule has 0 aliphatic rings. The van der Waals surface area contributed by atoms with Crippen molar-refractivity contribution in [1.82, 2.24) is 20.0 Å². The van der Waals surface area contributed by atoms with Crippen molar-refractivity contribution in [3.05, 3.63) is 88.1 Å². The number of hydrogen-bond donors (Lipinski definition) is 3. The fourth-order valence-electron chi connectivity index (χ4n) is 3.03. The molecule has 1 amide bonds. The highest BCUT2D eigenvalue weighted by molar-refractivity contribution is 7.89. The molecule has 3 N–H and O–H groups in total. The van der Waals surface area contributed by atoms with E-state index in [1.54, 1.807) is 26.0 Å². The van der Waals surface area contributed by atoms with Gasteiger partial charge in [-0.25, -0.2) is 32.3 Å². The summed E-state index contributed by atoms with van der Waals surface area (Å²) >= 11 is 0. The number of hydrogen-bond acceptors (Lipinski definition) is 6. The first-order valence-corrected chi connectivity index (χ1v) is 11.2. The SMILES string of the molecule is Cc1cc(CNC(=O)c2cc(S(=O)(=O)NCc3ccc(C(=O)O)c(C)c3)ncn2)ccc1F. The number of rotatable bonds is 8. The van der Waals surface area contributed by atoms with Crippen LogP contribution in [-0.4, -0.2) is 35.4 Å². The third-order valence-electron chi connectivity index (χ3n) is 4.81. The Morgan fingerprint density at radius 2 is 1.64 bits per heavy atom. The molecule has 1 aromatic heterocycles. The van der Waals surface area contributed by atoms with E-state index in [0.29, 0.717) is 22.3 Å². The summed E-state index contributed by atoms with van der Waals surface area (Å²) < 4.78 is 41.0. The Balaban J connectivity index is 1.68. The molecule has 0 unspecified atom stereocenters. The second-order valence-corrected chi connectivity index (χ2v) is 9.00. The Morgan fingerprint density at radius 1 is 0.970 bits per heavy atom. The second-order valence-electron chi connectivity index (χ2n) is 7.29. The predicted molar refractivity (Wildman–Crippen MR) is 117 cm³/mol. The van der Waals surface area contributed by atoms with Crippen LogP contribution in [0.25, 0.3) is 0 Å². The minimum Gasteiger partial charge on any atom is -0.478 e. The van der Waals surface area contributed by atoms with E-state index in [2.05, 4.69) is 20.0 Å². The van der Waals surface area contributed by atoms with Crippen LogP contribution in [0.1, 0.15) is 43.1 Å². The van der Waals surface area contributed by atoms with Gasteiger partial charge in [0.2, 0.25) is 0 Å². The lowest BCUT2D eigenvalue weighted by Gasteiger charge is -2.09. The summed E-state index contributed by atoms with van der Waals surface area (Å²) in [7, 11) is -4.07. The summed E-state index contributed by atoms with van der Waals surface area (Å²) in [5.41, 5.74) is 2.15. The first-order chi connectivity index (χ1) is 15.6.